The summed E-state index contributed by atoms with van der Waals surface area (Å²) < 4.78 is 14.2. The van der Waals surface area contributed by atoms with Crippen molar-refractivity contribution in [3.63, 3.8) is 0 Å². The van der Waals surface area contributed by atoms with Crippen molar-refractivity contribution in [3.8, 4) is 0 Å². The van der Waals surface area contributed by atoms with Crippen LogP contribution in [0.25, 0.3) is 0 Å². The highest BCUT2D eigenvalue weighted by atomic mass is 79.9. The van der Waals surface area contributed by atoms with Crippen molar-refractivity contribution >= 4 is 39.6 Å². The molecule has 0 fully saturated rings. The molecule has 0 radical (unpaired) electrons. The molecule has 3 rings (SSSR count). The topological polar surface area (TPSA) is 101 Å². The zero-order valence-electron chi connectivity index (χ0n) is 16.1. The van der Waals surface area contributed by atoms with E-state index in [1.165, 1.54) is 25.2 Å². The molecule has 0 bridgehead atoms. The average molecular weight is 476 g/mol. The van der Waals surface area contributed by atoms with Gasteiger partial charge in [0.15, 0.2) is 0 Å². The van der Waals surface area contributed by atoms with E-state index in [0.29, 0.717) is 15.6 Å². The van der Waals surface area contributed by atoms with E-state index in [1.807, 2.05) is 0 Å². The number of imide groups is 1. The van der Waals surface area contributed by atoms with E-state index < -0.39 is 35.5 Å². The zero-order valence-corrected chi connectivity index (χ0v) is 17.7. The number of fused-ring (bicyclic) bond motifs is 1. The lowest BCUT2D eigenvalue weighted by atomic mass is 10.0. The minimum absolute atomic E-state index is 0.0211. The van der Waals surface area contributed by atoms with E-state index in [2.05, 4.69) is 15.9 Å². The van der Waals surface area contributed by atoms with Crippen LogP contribution in [-0.2, 0) is 9.59 Å². The molecule has 1 aliphatic heterocycles. The highest BCUT2D eigenvalue weighted by Crippen LogP contribution is 2.26. The second-order valence-corrected chi connectivity index (χ2v) is 7.84. The van der Waals surface area contributed by atoms with Crippen molar-refractivity contribution in [2.75, 3.05) is 13.6 Å². The predicted molar refractivity (Wildman–Crippen MR) is 110 cm³/mol. The fourth-order valence-corrected chi connectivity index (χ4v) is 3.79. The first kappa shape index (κ1) is 21.6. The van der Waals surface area contributed by atoms with Gasteiger partial charge in [-0.1, -0.05) is 28.1 Å². The Labute approximate surface area is 180 Å². The number of benzene rings is 2. The van der Waals surface area contributed by atoms with E-state index in [0.717, 1.165) is 15.9 Å². The number of hydrogen-bond donors (Lipinski definition) is 1. The number of rotatable bonds is 7. The van der Waals surface area contributed by atoms with Gasteiger partial charge in [0.05, 0.1) is 11.1 Å². The maximum atomic E-state index is 13.5. The third-order valence-corrected chi connectivity index (χ3v) is 5.41. The number of halogens is 2. The summed E-state index contributed by atoms with van der Waals surface area (Å²) >= 11 is 3.28. The molecule has 0 aliphatic carbocycles. The van der Waals surface area contributed by atoms with E-state index in [4.69, 9.17) is 5.73 Å². The van der Waals surface area contributed by atoms with Gasteiger partial charge in [-0.3, -0.25) is 24.1 Å². The summed E-state index contributed by atoms with van der Waals surface area (Å²) in [4.78, 5) is 51.6. The largest absolute Gasteiger partial charge is 0.368 e. The molecule has 0 saturated carbocycles. The van der Waals surface area contributed by atoms with E-state index in [-0.39, 0.29) is 24.9 Å². The zero-order chi connectivity index (χ0) is 22.0. The maximum absolute atomic E-state index is 13.5. The molecule has 156 valence electrons. The van der Waals surface area contributed by atoms with Crippen LogP contribution in [0.1, 0.15) is 45.2 Å². The number of hydrogen-bond acceptors (Lipinski definition) is 4. The van der Waals surface area contributed by atoms with Crippen LogP contribution < -0.4 is 5.73 Å². The van der Waals surface area contributed by atoms with Crippen molar-refractivity contribution in [1.82, 2.24) is 9.80 Å². The van der Waals surface area contributed by atoms with Crippen LogP contribution in [0, 0.1) is 5.82 Å². The van der Waals surface area contributed by atoms with Gasteiger partial charge >= 0.3 is 0 Å². The molecule has 0 spiro atoms. The number of carbonyl (C=O) groups excluding carboxylic acids is 4. The quantitative estimate of drug-likeness (QED) is 0.621. The molecule has 1 heterocycles. The van der Waals surface area contributed by atoms with Crippen molar-refractivity contribution in [2.45, 2.75) is 18.9 Å². The summed E-state index contributed by atoms with van der Waals surface area (Å²) in [6.45, 7) is 0.0603. The summed E-state index contributed by atoms with van der Waals surface area (Å²) in [5.41, 5.74) is 6.34. The van der Waals surface area contributed by atoms with Crippen LogP contribution in [0.15, 0.2) is 46.9 Å². The van der Waals surface area contributed by atoms with Gasteiger partial charge in [0, 0.05) is 24.5 Å². The molecule has 9 heteroatoms. The number of primary amides is 1. The lowest BCUT2D eigenvalue weighted by molar-refractivity contribution is -0.138. The SMILES string of the molecule is CN(C(=O)CCCN1C(=O)c2ccc(Br)cc2C1=O)C(C(N)=O)c1cccc(F)c1. The van der Waals surface area contributed by atoms with Crippen molar-refractivity contribution in [2.24, 2.45) is 5.73 Å². The molecular weight excluding hydrogens is 457 g/mol. The molecule has 0 aromatic heterocycles. The molecule has 2 aromatic carbocycles. The third-order valence-electron chi connectivity index (χ3n) is 4.92. The third kappa shape index (κ3) is 4.25. The van der Waals surface area contributed by atoms with Gasteiger partial charge in [-0.2, -0.15) is 0 Å². The van der Waals surface area contributed by atoms with Gasteiger partial charge in [0.1, 0.15) is 11.9 Å². The highest BCUT2D eigenvalue weighted by Gasteiger charge is 2.35. The van der Waals surface area contributed by atoms with E-state index in [9.17, 15) is 23.6 Å². The van der Waals surface area contributed by atoms with Gasteiger partial charge in [-0.05, 0) is 42.3 Å². The summed E-state index contributed by atoms with van der Waals surface area (Å²) in [6, 6.07) is 9.05. The van der Waals surface area contributed by atoms with Crippen molar-refractivity contribution < 1.29 is 23.6 Å². The second-order valence-electron chi connectivity index (χ2n) is 6.92. The van der Waals surface area contributed by atoms with E-state index in [1.54, 1.807) is 18.2 Å². The maximum Gasteiger partial charge on any atom is 0.261 e. The summed E-state index contributed by atoms with van der Waals surface area (Å²) in [5, 5.41) is 0. The van der Waals surface area contributed by atoms with Gasteiger partial charge in [-0.25, -0.2) is 4.39 Å². The normalized spacial score (nSPS) is 13.9. The summed E-state index contributed by atoms with van der Waals surface area (Å²) in [5.74, 6) is -2.56. The van der Waals surface area contributed by atoms with Gasteiger partial charge in [-0.15, -0.1) is 0 Å². The Morgan fingerprint density at radius 2 is 1.83 bits per heavy atom. The van der Waals surface area contributed by atoms with E-state index >= 15 is 0 Å². The standard InChI is InChI=1S/C21H19BrFN3O4/c1-25(18(19(24)28)12-4-2-5-14(23)10-12)17(27)6-3-9-26-20(29)15-8-7-13(22)11-16(15)21(26)30/h2,4-5,7-8,10-11,18H,3,6,9H2,1H3,(H2,24,28). The number of carbonyl (C=O) groups is 4. The Hall–Kier alpha value is -3.07. The molecular formula is C21H19BrFN3O4. The Kier molecular flexibility index (Phi) is 6.31. The van der Waals surface area contributed by atoms with Gasteiger partial charge in [0.2, 0.25) is 11.8 Å². The minimum atomic E-state index is -1.12. The summed E-state index contributed by atoms with van der Waals surface area (Å²) in [7, 11) is 1.40. The Morgan fingerprint density at radius 3 is 2.50 bits per heavy atom. The fraction of sp³-hybridized carbons (Fsp3) is 0.238. The van der Waals surface area contributed by atoms with Crippen LogP contribution in [-0.4, -0.2) is 47.0 Å². The first-order valence-corrected chi connectivity index (χ1v) is 9.96. The lowest BCUT2D eigenvalue weighted by Crippen LogP contribution is -2.39. The number of nitrogens with zero attached hydrogens (tertiary/aromatic N) is 2. The van der Waals surface area contributed by atoms with Crippen LogP contribution in [0.4, 0.5) is 4.39 Å². The van der Waals surface area contributed by atoms with Crippen LogP contribution in [0.2, 0.25) is 0 Å². The smallest absolute Gasteiger partial charge is 0.261 e. The molecule has 1 unspecified atom stereocenters. The summed E-state index contributed by atoms with van der Waals surface area (Å²) in [6.07, 6.45) is 0.192. The monoisotopic (exact) mass is 475 g/mol. The average Bonchev–Trinajstić information content (AvgIpc) is 2.92. The first-order valence-electron chi connectivity index (χ1n) is 9.17. The lowest BCUT2D eigenvalue weighted by Gasteiger charge is -2.26. The molecule has 0 saturated heterocycles. The molecule has 1 atom stereocenters. The number of amides is 4. The Bertz CT molecular complexity index is 1040. The second kappa shape index (κ2) is 8.74. The number of likely N-dealkylation sites (N-methyl/N-ethyl adjacent to an activating group) is 1. The Balaban J connectivity index is 1.63. The van der Waals surface area contributed by atoms with Gasteiger partial charge < -0.3 is 10.6 Å². The number of nitrogens with two attached hydrogens (primary N) is 1. The van der Waals surface area contributed by atoms with Gasteiger partial charge in [0.25, 0.3) is 11.8 Å². The molecule has 4 amide bonds. The molecule has 2 aromatic rings. The highest BCUT2D eigenvalue weighted by molar-refractivity contribution is 9.10. The van der Waals surface area contributed by atoms with Crippen LogP contribution >= 0.6 is 15.9 Å². The molecule has 2 N–H and O–H groups in total. The molecule has 30 heavy (non-hydrogen) atoms. The molecule has 7 nitrogen and oxygen atoms in total. The fourth-order valence-electron chi connectivity index (χ4n) is 3.43. The van der Waals surface area contributed by atoms with Crippen molar-refractivity contribution in [3.05, 3.63) is 69.4 Å². The predicted octanol–water partition coefficient (Wildman–Crippen LogP) is 2.65. The Morgan fingerprint density at radius 1 is 1.13 bits per heavy atom. The van der Waals surface area contributed by atoms with Crippen LogP contribution in [0.3, 0.4) is 0 Å². The van der Waals surface area contributed by atoms with Crippen molar-refractivity contribution in [1.29, 1.82) is 0 Å². The minimum Gasteiger partial charge on any atom is -0.368 e. The first-order chi connectivity index (χ1) is 14.2. The molecule has 1 aliphatic rings. The van der Waals surface area contributed by atoms with Crippen LogP contribution in [0.5, 0.6) is 0 Å².